The van der Waals surface area contributed by atoms with Gasteiger partial charge in [-0.15, -0.1) is 0 Å². The Balaban J connectivity index is 1.55. The smallest absolute Gasteiger partial charge is 0.317 e. The predicted octanol–water partition coefficient (Wildman–Crippen LogP) is 0.663. The van der Waals surface area contributed by atoms with Crippen molar-refractivity contribution in [3.8, 4) is 0 Å². The highest BCUT2D eigenvalue weighted by Gasteiger charge is 2.42. The summed E-state index contributed by atoms with van der Waals surface area (Å²) >= 11 is 0. The molecule has 22 heavy (non-hydrogen) atoms. The van der Waals surface area contributed by atoms with Crippen LogP contribution in [0.3, 0.4) is 0 Å². The topological polar surface area (TPSA) is 85.7 Å². The van der Waals surface area contributed by atoms with Crippen molar-refractivity contribution in [2.75, 3.05) is 13.1 Å². The Morgan fingerprint density at radius 1 is 1.32 bits per heavy atom. The van der Waals surface area contributed by atoms with E-state index in [1.54, 1.807) is 17.3 Å². The molecule has 0 unspecified atom stereocenters. The summed E-state index contributed by atoms with van der Waals surface area (Å²) in [4.78, 5) is 18.2. The van der Waals surface area contributed by atoms with Gasteiger partial charge in [0.25, 0.3) is 0 Å². The molecule has 0 aromatic carbocycles. The molecule has 2 amide bonds. The van der Waals surface area contributed by atoms with Gasteiger partial charge in [-0.1, -0.05) is 0 Å². The van der Waals surface area contributed by atoms with Gasteiger partial charge >= 0.3 is 6.03 Å². The second-order valence-corrected chi connectivity index (χ2v) is 6.49. The third-order valence-corrected chi connectivity index (χ3v) is 4.96. The van der Waals surface area contributed by atoms with Gasteiger partial charge < -0.3 is 20.4 Å². The number of nitrogens with zero attached hydrogens (tertiary/aromatic N) is 2. The van der Waals surface area contributed by atoms with Crippen LogP contribution in [-0.2, 0) is 6.54 Å². The first-order chi connectivity index (χ1) is 10.5. The van der Waals surface area contributed by atoms with Crippen LogP contribution in [0.2, 0.25) is 0 Å². The summed E-state index contributed by atoms with van der Waals surface area (Å²) in [5.41, 5.74) is 2.12. The molecular weight excluding hydrogens is 282 g/mol. The van der Waals surface area contributed by atoms with Crippen LogP contribution < -0.4 is 5.32 Å². The monoisotopic (exact) mass is 305 g/mol. The number of aliphatic hydroxyl groups excluding tert-OH is 2. The Bertz CT molecular complexity index is 533. The molecule has 2 fully saturated rings. The summed E-state index contributed by atoms with van der Waals surface area (Å²) in [5.74, 6) is 0.596. The van der Waals surface area contributed by atoms with Crippen LogP contribution in [0.1, 0.15) is 24.0 Å². The van der Waals surface area contributed by atoms with Crippen molar-refractivity contribution < 1.29 is 15.0 Å². The van der Waals surface area contributed by atoms with Crippen LogP contribution in [0.15, 0.2) is 18.5 Å². The lowest BCUT2D eigenvalue weighted by Crippen LogP contribution is -2.38. The zero-order valence-electron chi connectivity index (χ0n) is 12.8. The highest BCUT2D eigenvalue weighted by Crippen LogP contribution is 2.36. The zero-order chi connectivity index (χ0) is 15.7. The molecule has 1 saturated heterocycles. The number of hydrogen-bond donors (Lipinski definition) is 3. The number of carbonyl (C=O) groups excluding carboxylic acids is 1. The first-order valence-electron chi connectivity index (χ1n) is 7.83. The molecule has 2 aliphatic rings. The van der Waals surface area contributed by atoms with E-state index in [2.05, 4.69) is 10.3 Å². The molecule has 6 heteroatoms. The van der Waals surface area contributed by atoms with Crippen LogP contribution in [0, 0.1) is 18.8 Å². The third-order valence-electron chi connectivity index (χ3n) is 4.96. The average Bonchev–Trinajstić information content (AvgIpc) is 2.89. The van der Waals surface area contributed by atoms with Crippen molar-refractivity contribution in [3.63, 3.8) is 0 Å². The van der Waals surface area contributed by atoms with Crippen molar-refractivity contribution in [1.82, 2.24) is 15.2 Å². The van der Waals surface area contributed by atoms with Crippen LogP contribution >= 0.6 is 0 Å². The average molecular weight is 305 g/mol. The minimum atomic E-state index is -0.649. The van der Waals surface area contributed by atoms with Crippen LogP contribution in [0.25, 0.3) is 0 Å². The maximum atomic E-state index is 12.3. The maximum absolute atomic E-state index is 12.3. The quantitative estimate of drug-likeness (QED) is 0.749. The molecule has 1 aromatic heterocycles. The van der Waals surface area contributed by atoms with Crippen molar-refractivity contribution in [1.29, 1.82) is 0 Å². The number of urea groups is 1. The van der Waals surface area contributed by atoms with Gasteiger partial charge in [0.2, 0.25) is 0 Å². The van der Waals surface area contributed by atoms with E-state index in [4.69, 9.17) is 0 Å². The number of pyridine rings is 1. The Morgan fingerprint density at radius 3 is 2.55 bits per heavy atom. The SMILES string of the molecule is Cc1cnccc1CNC(=O)N1C[C@H]2C[C@H](O)[C@H](O)C[C@H]2C1. The number of nitrogens with one attached hydrogen (secondary N) is 1. The third kappa shape index (κ3) is 3.08. The van der Waals surface area contributed by atoms with Gasteiger partial charge in [-0.2, -0.15) is 0 Å². The summed E-state index contributed by atoms with van der Waals surface area (Å²) in [7, 11) is 0. The number of rotatable bonds is 2. The van der Waals surface area contributed by atoms with Gasteiger partial charge in [0.15, 0.2) is 0 Å². The number of aryl methyl sites for hydroxylation is 1. The van der Waals surface area contributed by atoms with Crippen molar-refractivity contribution >= 4 is 6.03 Å². The van der Waals surface area contributed by atoms with Crippen LogP contribution in [0.5, 0.6) is 0 Å². The van der Waals surface area contributed by atoms with Gasteiger partial charge in [0, 0.05) is 32.0 Å². The summed E-state index contributed by atoms with van der Waals surface area (Å²) in [5, 5.41) is 22.5. The zero-order valence-corrected chi connectivity index (χ0v) is 12.8. The van der Waals surface area contributed by atoms with Crippen molar-refractivity contribution in [2.24, 2.45) is 11.8 Å². The first kappa shape index (κ1) is 15.2. The van der Waals surface area contributed by atoms with E-state index in [0.29, 0.717) is 44.3 Å². The molecule has 0 radical (unpaired) electrons. The fourth-order valence-corrected chi connectivity index (χ4v) is 3.56. The molecule has 1 aliphatic carbocycles. The van der Waals surface area contributed by atoms with Gasteiger partial charge in [0.05, 0.1) is 12.2 Å². The molecule has 1 saturated carbocycles. The molecule has 4 atom stereocenters. The number of aliphatic hydroxyl groups is 2. The second kappa shape index (κ2) is 6.22. The van der Waals surface area contributed by atoms with Gasteiger partial charge in [0.1, 0.15) is 0 Å². The summed E-state index contributed by atoms with van der Waals surface area (Å²) in [6, 6.07) is 1.83. The summed E-state index contributed by atoms with van der Waals surface area (Å²) < 4.78 is 0. The van der Waals surface area contributed by atoms with Crippen LogP contribution in [-0.4, -0.2) is 51.4 Å². The molecule has 0 bridgehead atoms. The molecule has 3 rings (SSSR count). The lowest BCUT2D eigenvalue weighted by Gasteiger charge is -2.31. The summed E-state index contributed by atoms with van der Waals surface area (Å²) in [6.07, 6.45) is 3.38. The van der Waals surface area contributed by atoms with E-state index in [1.807, 2.05) is 13.0 Å². The Labute approximate surface area is 130 Å². The molecule has 1 aliphatic heterocycles. The molecule has 0 spiro atoms. The van der Waals surface area contributed by atoms with Gasteiger partial charge in [-0.05, 0) is 48.8 Å². The van der Waals surface area contributed by atoms with Gasteiger partial charge in [-0.3, -0.25) is 4.98 Å². The number of likely N-dealkylation sites (tertiary alicyclic amines) is 1. The lowest BCUT2D eigenvalue weighted by atomic mass is 9.79. The van der Waals surface area contributed by atoms with E-state index in [-0.39, 0.29) is 6.03 Å². The minimum absolute atomic E-state index is 0.0745. The standard InChI is InChI=1S/C16H23N3O3/c1-10-6-17-3-2-11(10)7-18-16(22)19-8-12-4-14(20)15(21)5-13(12)9-19/h2-3,6,12-15,20-21H,4-5,7-9H2,1H3,(H,18,22)/t12-,13+,14+,15-. The molecule has 1 aromatic rings. The van der Waals surface area contributed by atoms with Gasteiger partial charge in [-0.25, -0.2) is 4.79 Å². The van der Waals surface area contributed by atoms with Crippen molar-refractivity contribution in [2.45, 2.75) is 38.5 Å². The summed E-state index contributed by atoms with van der Waals surface area (Å²) in [6.45, 7) is 3.79. The highest BCUT2D eigenvalue weighted by molar-refractivity contribution is 5.74. The molecule has 120 valence electrons. The fourth-order valence-electron chi connectivity index (χ4n) is 3.56. The lowest BCUT2D eigenvalue weighted by molar-refractivity contribution is -0.0372. The Morgan fingerprint density at radius 2 is 1.95 bits per heavy atom. The predicted molar refractivity (Wildman–Crippen MR) is 81.0 cm³/mol. The molecule has 3 N–H and O–H groups in total. The van der Waals surface area contributed by atoms with E-state index < -0.39 is 12.2 Å². The molecule has 2 heterocycles. The normalized spacial score (nSPS) is 31.0. The largest absolute Gasteiger partial charge is 0.390 e. The number of aromatic nitrogens is 1. The number of amides is 2. The fraction of sp³-hybridized carbons (Fsp3) is 0.625. The maximum Gasteiger partial charge on any atom is 0.317 e. The molecular formula is C16H23N3O3. The number of carbonyl (C=O) groups is 1. The van der Waals surface area contributed by atoms with E-state index in [1.165, 1.54) is 0 Å². The van der Waals surface area contributed by atoms with Crippen molar-refractivity contribution in [3.05, 3.63) is 29.6 Å². The first-order valence-corrected chi connectivity index (χ1v) is 7.83. The number of fused-ring (bicyclic) bond motifs is 1. The number of hydrogen-bond acceptors (Lipinski definition) is 4. The second-order valence-electron chi connectivity index (χ2n) is 6.49. The minimum Gasteiger partial charge on any atom is -0.390 e. The van der Waals surface area contributed by atoms with E-state index in [9.17, 15) is 15.0 Å². The van der Waals surface area contributed by atoms with E-state index >= 15 is 0 Å². The Kier molecular flexibility index (Phi) is 4.31. The Hall–Kier alpha value is -1.66. The van der Waals surface area contributed by atoms with Crippen LogP contribution in [0.4, 0.5) is 4.79 Å². The molecule has 6 nitrogen and oxygen atoms in total. The van der Waals surface area contributed by atoms with E-state index in [0.717, 1.165) is 11.1 Å². The highest BCUT2D eigenvalue weighted by atomic mass is 16.3.